The molecule has 158 valence electrons. The summed E-state index contributed by atoms with van der Waals surface area (Å²) in [4.78, 5) is 31.9. The first-order chi connectivity index (χ1) is 13.7. The number of rotatable bonds is 6. The molecular formula is C23H34N4O2. The zero-order valence-corrected chi connectivity index (χ0v) is 18.4. The molecule has 1 N–H and O–H groups in total. The lowest BCUT2D eigenvalue weighted by Crippen LogP contribution is -2.55. The molecule has 1 unspecified atom stereocenters. The second-order valence-electron chi connectivity index (χ2n) is 9.10. The molecule has 0 spiro atoms. The number of carbonyl (C=O) groups is 2. The first kappa shape index (κ1) is 21.3. The van der Waals surface area contributed by atoms with Gasteiger partial charge in [0.2, 0.25) is 5.91 Å². The number of carbonyl (C=O) groups excluding carboxylic acids is 2. The van der Waals surface area contributed by atoms with E-state index in [9.17, 15) is 9.59 Å². The fourth-order valence-corrected chi connectivity index (χ4v) is 4.28. The number of imidazole rings is 1. The largest absolute Gasteiger partial charge is 0.351 e. The van der Waals surface area contributed by atoms with Crippen LogP contribution in [0.25, 0.3) is 5.52 Å². The first-order valence-corrected chi connectivity index (χ1v) is 10.8. The average Bonchev–Trinajstić information content (AvgIpc) is 3.15. The Hall–Kier alpha value is -2.37. The fourth-order valence-electron chi connectivity index (χ4n) is 4.28. The van der Waals surface area contributed by atoms with Gasteiger partial charge in [0.1, 0.15) is 0 Å². The molecule has 2 amide bonds. The standard InChI is InChI=1S/C23H34N4O2/c1-6-18(13-16(2)3)21(28)25-23(5)9-11-26(12-10-23)22(29)20-8-7-19-14-24-15-27(19)17(20)4/h7-8,14-16,18H,6,9-13H2,1-5H3,(H,25,28). The monoisotopic (exact) mass is 398 g/mol. The van der Waals surface area contributed by atoms with Crippen molar-refractivity contribution >= 4 is 17.3 Å². The SMILES string of the molecule is CCC(CC(C)C)C(=O)NC1(C)CCN(C(=O)c2ccc3cncn3c2C)CC1. The molecule has 0 bridgehead atoms. The van der Waals surface area contributed by atoms with Gasteiger partial charge in [-0.3, -0.25) is 9.59 Å². The van der Waals surface area contributed by atoms with Crippen LogP contribution in [0.4, 0.5) is 0 Å². The number of hydrogen-bond acceptors (Lipinski definition) is 3. The Balaban J connectivity index is 1.63. The van der Waals surface area contributed by atoms with Crippen LogP contribution in [0.1, 0.15) is 69.4 Å². The van der Waals surface area contributed by atoms with Crippen molar-refractivity contribution in [3.05, 3.63) is 35.9 Å². The van der Waals surface area contributed by atoms with E-state index in [4.69, 9.17) is 0 Å². The van der Waals surface area contributed by atoms with Gasteiger partial charge in [-0.1, -0.05) is 20.8 Å². The number of aromatic nitrogens is 2. The first-order valence-electron chi connectivity index (χ1n) is 10.8. The minimum atomic E-state index is -0.248. The molecule has 0 saturated carbocycles. The number of fused-ring (bicyclic) bond motifs is 1. The maximum absolute atomic E-state index is 13.1. The quantitative estimate of drug-likeness (QED) is 0.804. The second kappa shape index (κ2) is 8.56. The summed E-state index contributed by atoms with van der Waals surface area (Å²) in [6, 6.07) is 3.82. The molecule has 0 aromatic carbocycles. The normalized spacial score (nSPS) is 17.5. The zero-order valence-electron chi connectivity index (χ0n) is 18.4. The lowest BCUT2D eigenvalue weighted by atomic mass is 9.87. The number of likely N-dealkylation sites (tertiary alicyclic amines) is 1. The van der Waals surface area contributed by atoms with Crippen molar-refractivity contribution in [1.29, 1.82) is 0 Å². The number of aryl methyl sites for hydroxylation is 1. The van der Waals surface area contributed by atoms with E-state index in [0.29, 0.717) is 24.6 Å². The molecule has 0 radical (unpaired) electrons. The second-order valence-corrected chi connectivity index (χ2v) is 9.10. The Kier molecular flexibility index (Phi) is 6.30. The number of nitrogens with zero attached hydrogens (tertiary/aromatic N) is 3. The van der Waals surface area contributed by atoms with Gasteiger partial charge in [0.25, 0.3) is 5.91 Å². The van der Waals surface area contributed by atoms with Crippen LogP contribution in [-0.4, -0.2) is 44.7 Å². The van der Waals surface area contributed by atoms with E-state index in [2.05, 4.69) is 38.0 Å². The third-order valence-electron chi connectivity index (χ3n) is 6.27. The molecule has 1 saturated heterocycles. The molecule has 6 heteroatoms. The van der Waals surface area contributed by atoms with E-state index in [0.717, 1.165) is 36.9 Å². The van der Waals surface area contributed by atoms with Crippen LogP contribution in [0.2, 0.25) is 0 Å². The van der Waals surface area contributed by atoms with E-state index in [1.165, 1.54) is 0 Å². The van der Waals surface area contributed by atoms with Gasteiger partial charge in [-0.2, -0.15) is 0 Å². The number of hydrogen-bond donors (Lipinski definition) is 1. The van der Waals surface area contributed by atoms with Crippen LogP contribution >= 0.6 is 0 Å². The summed E-state index contributed by atoms with van der Waals surface area (Å²) in [6.07, 6.45) is 6.86. The van der Waals surface area contributed by atoms with Gasteiger partial charge in [-0.15, -0.1) is 0 Å². The van der Waals surface area contributed by atoms with Gasteiger partial charge in [0.15, 0.2) is 0 Å². The van der Waals surface area contributed by atoms with Gasteiger partial charge in [-0.25, -0.2) is 4.98 Å². The van der Waals surface area contributed by atoms with Crippen LogP contribution < -0.4 is 5.32 Å². The summed E-state index contributed by atoms with van der Waals surface area (Å²) in [7, 11) is 0. The Morgan fingerprint density at radius 2 is 1.93 bits per heavy atom. The molecule has 3 rings (SSSR count). The summed E-state index contributed by atoms with van der Waals surface area (Å²) in [6.45, 7) is 11.8. The van der Waals surface area contributed by atoms with Gasteiger partial charge in [-0.05, 0) is 57.6 Å². The molecule has 1 atom stereocenters. The van der Waals surface area contributed by atoms with Gasteiger partial charge >= 0.3 is 0 Å². The Bertz CT molecular complexity index is 878. The molecule has 1 fully saturated rings. The number of pyridine rings is 1. The summed E-state index contributed by atoms with van der Waals surface area (Å²) in [5.74, 6) is 0.785. The molecule has 2 aromatic heterocycles. The predicted molar refractivity (Wildman–Crippen MR) is 115 cm³/mol. The van der Waals surface area contributed by atoms with Crippen molar-refractivity contribution < 1.29 is 9.59 Å². The minimum absolute atomic E-state index is 0.0534. The Morgan fingerprint density at radius 3 is 2.55 bits per heavy atom. The highest BCUT2D eigenvalue weighted by molar-refractivity contribution is 5.95. The maximum atomic E-state index is 13.1. The molecule has 0 aliphatic carbocycles. The van der Waals surface area contributed by atoms with Crippen LogP contribution in [0.3, 0.4) is 0 Å². The number of amides is 2. The number of piperidine rings is 1. The van der Waals surface area contributed by atoms with Crippen LogP contribution in [-0.2, 0) is 4.79 Å². The van der Waals surface area contributed by atoms with Crippen molar-refractivity contribution in [3.63, 3.8) is 0 Å². The van der Waals surface area contributed by atoms with Crippen molar-refractivity contribution in [1.82, 2.24) is 19.6 Å². The van der Waals surface area contributed by atoms with E-state index in [1.54, 1.807) is 12.5 Å². The highest BCUT2D eigenvalue weighted by Gasteiger charge is 2.35. The van der Waals surface area contributed by atoms with Crippen LogP contribution in [0.15, 0.2) is 24.7 Å². The highest BCUT2D eigenvalue weighted by atomic mass is 16.2. The summed E-state index contributed by atoms with van der Waals surface area (Å²) >= 11 is 0. The van der Waals surface area contributed by atoms with Crippen molar-refractivity contribution in [2.45, 2.75) is 65.8 Å². The molecule has 2 aromatic rings. The fraction of sp³-hybridized carbons (Fsp3) is 0.609. The topological polar surface area (TPSA) is 66.7 Å². The maximum Gasteiger partial charge on any atom is 0.255 e. The van der Waals surface area contributed by atoms with Gasteiger partial charge < -0.3 is 14.6 Å². The third kappa shape index (κ3) is 4.62. The summed E-state index contributed by atoms with van der Waals surface area (Å²) in [5.41, 5.74) is 2.36. The van der Waals surface area contributed by atoms with E-state index >= 15 is 0 Å². The van der Waals surface area contributed by atoms with E-state index in [-0.39, 0.29) is 23.3 Å². The summed E-state index contributed by atoms with van der Waals surface area (Å²) < 4.78 is 1.95. The molecule has 1 aliphatic rings. The highest BCUT2D eigenvalue weighted by Crippen LogP contribution is 2.26. The third-order valence-corrected chi connectivity index (χ3v) is 6.27. The smallest absolute Gasteiger partial charge is 0.255 e. The number of nitrogens with one attached hydrogen (secondary N) is 1. The molecule has 6 nitrogen and oxygen atoms in total. The van der Waals surface area contributed by atoms with Crippen molar-refractivity contribution in [3.8, 4) is 0 Å². The summed E-state index contributed by atoms with van der Waals surface area (Å²) in [5, 5.41) is 3.29. The lowest BCUT2D eigenvalue weighted by Gasteiger charge is -2.41. The predicted octanol–water partition coefficient (Wildman–Crippen LogP) is 3.83. The molecule has 1 aliphatic heterocycles. The lowest BCUT2D eigenvalue weighted by molar-refractivity contribution is -0.127. The van der Waals surface area contributed by atoms with E-state index in [1.807, 2.05) is 28.4 Å². The molecular weight excluding hydrogens is 364 g/mol. The Labute approximate surface area is 173 Å². The van der Waals surface area contributed by atoms with Gasteiger partial charge in [0.05, 0.1) is 23.6 Å². The van der Waals surface area contributed by atoms with Crippen molar-refractivity contribution in [2.24, 2.45) is 11.8 Å². The van der Waals surface area contributed by atoms with Crippen molar-refractivity contribution in [2.75, 3.05) is 13.1 Å². The molecule has 29 heavy (non-hydrogen) atoms. The van der Waals surface area contributed by atoms with Crippen LogP contribution in [0, 0.1) is 18.8 Å². The van der Waals surface area contributed by atoms with E-state index < -0.39 is 0 Å². The zero-order chi connectivity index (χ0) is 21.2. The average molecular weight is 399 g/mol. The Morgan fingerprint density at radius 1 is 1.24 bits per heavy atom. The minimum Gasteiger partial charge on any atom is -0.351 e. The van der Waals surface area contributed by atoms with Crippen LogP contribution in [0.5, 0.6) is 0 Å². The van der Waals surface area contributed by atoms with Gasteiger partial charge in [0, 0.05) is 30.2 Å². The molecule has 3 heterocycles.